The number of carbonyl (C=O) groups excluding carboxylic acids is 1. The van der Waals surface area contributed by atoms with Gasteiger partial charge < -0.3 is 20.5 Å². The summed E-state index contributed by atoms with van der Waals surface area (Å²) in [5.74, 6) is -0.184. The molecule has 0 radical (unpaired) electrons. The van der Waals surface area contributed by atoms with E-state index < -0.39 is 16.4 Å². The quantitative estimate of drug-likeness (QED) is 0.599. The first-order chi connectivity index (χ1) is 9.75. The minimum absolute atomic E-state index is 0.112. The van der Waals surface area contributed by atoms with Crippen molar-refractivity contribution in [2.75, 3.05) is 20.8 Å². The van der Waals surface area contributed by atoms with Crippen molar-refractivity contribution >= 4 is 11.6 Å². The van der Waals surface area contributed by atoms with E-state index in [9.17, 15) is 14.9 Å². The highest BCUT2D eigenvalue weighted by molar-refractivity contribution is 5.99. The van der Waals surface area contributed by atoms with Crippen molar-refractivity contribution in [2.45, 2.75) is 19.4 Å². The zero-order valence-corrected chi connectivity index (χ0v) is 12.4. The van der Waals surface area contributed by atoms with E-state index in [0.717, 1.165) is 6.07 Å². The summed E-state index contributed by atoms with van der Waals surface area (Å²) in [4.78, 5) is 22.7. The lowest BCUT2D eigenvalue weighted by Gasteiger charge is -2.24. The summed E-state index contributed by atoms with van der Waals surface area (Å²) in [5.41, 5.74) is 4.38. The van der Waals surface area contributed by atoms with Crippen molar-refractivity contribution in [3.8, 4) is 11.5 Å². The van der Waals surface area contributed by atoms with E-state index in [1.807, 2.05) is 0 Å². The fourth-order valence-corrected chi connectivity index (χ4v) is 1.63. The lowest BCUT2D eigenvalue weighted by atomic mass is 10.0. The molecule has 0 unspecified atom stereocenters. The molecule has 0 fully saturated rings. The van der Waals surface area contributed by atoms with Crippen molar-refractivity contribution in [2.24, 2.45) is 5.73 Å². The number of nitrogens with zero attached hydrogens (tertiary/aromatic N) is 1. The summed E-state index contributed by atoms with van der Waals surface area (Å²) in [6.07, 6.45) is 0. The van der Waals surface area contributed by atoms with E-state index in [-0.39, 0.29) is 29.3 Å². The third kappa shape index (κ3) is 3.82. The number of nitro benzene ring substituents is 1. The maximum atomic E-state index is 12.2. The van der Waals surface area contributed by atoms with Gasteiger partial charge in [0, 0.05) is 18.2 Å². The van der Waals surface area contributed by atoms with Crippen LogP contribution in [0.1, 0.15) is 24.2 Å². The first kappa shape index (κ1) is 16.7. The first-order valence-corrected chi connectivity index (χ1v) is 6.18. The standard InChI is InChI=1S/C13H19N3O5/c1-13(2,7-14)15-12(17)8-5-10(20-3)11(21-4)6-9(8)16(18)19/h5-6H,7,14H2,1-4H3,(H,15,17). The molecular formula is C13H19N3O5. The molecular weight excluding hydrogens is 278 g/mol. The average molecular weight is 297 g/mol. The largest absolute Gasteiger partial charge is 0.493 e. The molecule has 0 spiro atoms. The lowest BCUT2D eigenvalue weighted by molar-refractivity contribution is -0.385. The van der Waals surface area contributed by atoms with Gasteiger partial charge in [-0.1, -0.05) is 0 Å². The third-order valence-corrected chi connectivity index (χ3v) is 2.91. The molecule has 0 aliphatic heterocycles. The zero-order chi connectivity index (χ0) is 16.2. The van der Waals surface area contributed by atoms with E-state index >= 15 is 0 Å². The smallest absolute Gasteiger partial charge is 0.286 e. The van der Waals surface area contributed by atoms with Crippen molar-refractivity contribution < 1.29 is 19.2 Å². The molecule has 0 saturated heterocycles. The van der Waals surface area contributed by atoms with Gasteiger partial charge in [0.25, 0.3) is 11.6 Å². The molecule has 1 amide bonds. The number of carbonyl (C=O) groups is 1. The SMILES string of the molecule is COc1cc(C(=O)NC(C)(C)CN)c([N+](=O)[O-])cc1OC. The van der Waals surface area contributed by atoms with E-state index in [2.05, 4.69) is 5.32 Å². The molecule has 0 atom stereocenters. The molecule has 0 aromatic heterocycles. The zero-order valence-electron chi connectivity index (χ0n) is 12.4. The van der Waals surface area contributed by atoms with Gasteiger partial charge in [-0.25, -0.2) is 0 Å². The Kier molecular flexibility index (Phi) is 5.09. The maximum Gasteiger partial charge on any atom is 0.286 e. The number of methoxy groups -OCH3 is 2. The number of benzene rings is 1. The van der Waals surface area contributed by atoms with Gasteiger partial charge >= 0.3 is 0 Å². The van der Waals surface area contributed by atoms with Gasteiger partial charge in [-0.15, -0.1) is 0 Å². The predicted molar refractivity (Wildman–Crippen MR) is 76.8 cm³/mol. The maximum absolute atomic E-state index is 12.2. The molecule has 8 heteroatoms. The van der Waals surface area contributed by atoms with Crippen LogP contribution in [-0.2, 0) is 0 Å². The first-order valence-electron chi connectivity index (χ1n) is 6.18. The Morgan fingerprint density at radius 1 is 1.33 bits per heavy atom. The highest BCUT2D eigenvalue weighted by atomic mass is 16.6. The number of hydrogen-bond acceptors (Lipinski definition) is 6. The molecule has 0 bridgehead atoms. The van der Waals surface area contributed by atoms with E-state index in [0.29, 0.717) is 0 Å². The van der Waals surface area contributed by atoms with Gasteiger partial charge in [0.2, 0.25) is 0 Å². The van der Waals surface area contributed by atoms with Gasteiger partial charge in [0.05, 0.1) is 25.2 Å². The molecule has 116 valence electrons. The number of nitrogens with one attached hydrogen (secondary N) is 1. The molecule has 1 rings (SSSR count). The fraction of sp³-hybridized carbons (Fsp3) is 0.462. The third-order valence-electron chi connectivity index (χ3n) is 2.91. The average Bonchev–Trinajstić information content (AvgIpc) is 2.45. The van der Waals surface area contributed by atoms with Crippen molar-refractivity contribution in [1.82, 2.24) is 5.32 Å². The number of nitrogens with two attached hydrogens (primary N) is 1. The van der Waals surface area contributed by atoms with Crippen LogP contribution in [0.25, 0.3) is 0 Å². The van der Waals surface area contributed by atoms with Gasteiger partial charge in [-0.3, -0.25) is 14.9 Å². The Bertz CT molecular complexity index is 557. The van der Waals surface area contributed by atoms with Crippen LogP contribution in [-0.4, -0.2) is 37.1 Å². The molecule has 1 aromatic rings. The van der Waals surface area contributed by atoms with E-state index in [4.69, 9.17) is 15.2 Å². The minimum Gasteiger partial charge on any atom is -0.493 e. The minimum atomic E-state index is -0.682. The molecule has 1 aromatic carbocycles. The molecule has 21 heavy (non-hydrogen) atoms. The number of hydrogen-bond donors (Lipinski definition) is 2. The van der Waals surface area contributed by atoms with E-state index in [1.165, 1.54) is 20.3 Å². The number of amides is 1. The van der Waals surface area contributed by atoms with Crippen molar-refractivity contribution in [3.63, 3.8) is 0 Å². The van der Waals surface area contributed by atoms with Crippen LogP contribution in [0.4, 0.5) is 5.69 Å². The predicted octanol–water partition coefficient (Wildman–Crippen LogP) is 1.08. The number of nitro groups is 1. The van der Waals surface area contributed by atoms with Crippen LogP contribution in [0.3, 0.4) is 0 Å². The Morgan fingerprint density at radius 2 is 1.86 bits per heavy atom. The molecule has 0 aliphatic carbocycles. The van der Waals surface area contributed by atoms with Crippen LogP contribution in [0.15, 0.2) is 12.1 Å². The molecule has 8 nitrogen and oxygen atoms in total. The topological polar surface area (TPSA) is 117 Å². The second-order valence-electron chi connectivity index (χ2n) is 5.02. The second kappa shape index (κ2) is 6.40. The van der Waals surface area contributed by atoms with Gasteiger partial charge in [0.15, 0.2) is 11.5 Å². The summed E-state index contributed by atoms with van der Waals surface area (Å²) in [6, 6.07) is 2.43. The number of ether oxygens (including phenoxy) is 2. The van der Waals surface area contributed by atoms with Crippen LogP contribution in [0.2, 0.25) is 0 Å². The summed E-state index contributed by atoms with van der Waals surface area (Å²) < 4.78 is 10.1. The van der Waals surface area contributed by atoms with Crippen molar-refractivity contribution in [1.29, 1.82) is 0 Å². The Labute approximate surface area is 122 Å². The van der Waals surface area contributed by atoms with Crippen LogP contribution in [0, 0.1) is 10.1 Å². The van der Waals surface area contributed by atoms with E-state index in [1.54, 1.807) is 13.8 Å². The van der Waals surface area contributed by atoms with Crippen LogP contribution < -0.4 is 20.5 Å². The lowest BCUT2D eigenvalue weighted by Crippen LogP contribution is -2.48. The van der Waals surface area contributed by atoms with Crippen LogP contribution >= 0.6 is 0 Å². The molecule has 0 saturated carbocycles. The number of rotatable bonds is 6. The molecule has 3 N–H and O–H groups in total. The molecule has 0 heterocycles. The van der Waals surface area contributed by atoms with Crippen LogP contribution in [0.5, 0.6) is 11.5 Å². The summed E-state index contributed by atoms with van der Waals surface area (Å²) in [5, 5.41) is 13.8. The Morgan fingerprint density at radius 3 is 2.29 bits per heavy atom. The summed E-state index contributed by atoms with van der Waals surface area (Å²) >= 11 is 0. The van der Waals surface area contributed by atoms with Gasteiger partial charge in [-0.2, -0.15) is 0 Å². The van der Waals surface area contributed by atoms with Crippen molar-refractivity contribution in [3.05, 3.63) is 27.8 Å². The molecule has 0 aliphatic rings. The fourth-order valence-electron chi connectivity index (χ4n) is 1.63. The van der Waals surface area contributed by atoms with Gasteiger partial charge in [-0.05, 0) is 13.8 Å². The Balaban J connectivity index is 3.33. The summed E-state index contributed by atoms with van der Waals surface area (Å²) in [7, 11) is 2.74. The van der Waals surface area contributed by atoms with Gasteiger partial charge in [0.1, 0.15) is 5.56 Å². The monoisotopic (exact) mass is 297 g/mol. The highest BCUT2D eigenvalue weighted by Crippen LogP contribution is 2.34. The Hall–Kier alpha value is -2.35. The highest BCUT2D eigenvalue weighted by Gasteiger charge is 2.27. The second-order valence-corrected chi connectivity index (χ2v) is 5.02. The normalized spacial score (nSPS) is 10.9. The summed E-state index contributed by atoms with van der Waals surface area (Å²) in [6.45, 7) is 3.63.